The maximum absolute atomic E-state index is 13.7. The summed E-state index contributed by atoms with van der Waals surface area (Å²) in [7, 11) is 0. The van der Waals surface area contributed by atoms with Gasteiger partial charge in [0.05, 0.1) is 11.6 Å². The molecule has 1 atom stereocenters. The van der Waals surface area contributed by atoms with Crippen LogP contribution in [0.3, 0.4) is 0 Å². The van der Waals surface area contributed by atoms with Gasteiger partial charge >= 0.3 is 0 Å². The SMILES string of the molecule is O=C(NCCCC(=O)N(C1CC1)C1CCCc2ccccc21)c1ccc(F)cc1F. The number of carbonyl (C=O) groups excluding carboxylic acids is 2. The molecule has 0 radical (unpaired) electrons. The monoisotopic (exact) mass is 412 g/mol. The molecule has 1 N–H and O–H groups in total. The first-order valence-corrected chi connectivity index (χ1v) is 10.7. The quantitative estimate of drug-likeness (QED) is 0.679. The number of aryl methyl sites for hydroxylation is 1. The van der Waals surface area contributed by atoms with Gasteiger partial charge in [-0.05, 0) is 61.8 Å². The first-order chi connectivity index (χ1) is 14.5. The molecule has 2 aliphatic carbocycles. The lowest BCUT2D eigenvalue weighted by Gasteiger charge is -2.36. The Bertz CT molecular complexity index is 943. The summed E-state index contributed by atoms with van der Waals surface area (Å²) in [5.74, 6) is -2.10. The molecule has 4 nitrogen and oxygen atoms in total. The molecule has 0 aromatic heterocycles. The minimum Gasteiger partial charge on any atom is -0.352 e. The van der Waals surface area contributed by atoms with Gasteiger partial charge in [0.1, 0.15) is 11.6 Å². The number of amides is 2. The number of rotatable bonds is 7. The standard InChI is InChI=1S/C24H26F2N2O2/c25-17-10-13-20(21(26)15-17)24(30)27-14-4-9-23(29)28(18-11-12-18)22-8-3-6-16-5-1-2-7-19(16)22/h1-2,5,7,10,13,15,18,22H,3-4,6,8-9,11-12,14H2,(H,27,30). The Hall–Kier alpha value is -2.76. The number of benzene rings is 2. The van der Waals surface area contributed by atoms with Crippen molar-refractivity contribution in [3.63, 3.8) is 0 Å². The van der Waals surface area contributed by atoms with Gasteiger partial charge in [-0.15, -0.1) is 0 Å². The van der Waals surface area contributed by atoms with E-state index in [0.29, 0.717) is 24.9 Å². The zero-order valence-electron chi connectivity index (χ0n) is 16.9. The van der Waals surface area contributed by atoms with Gasteiger partial charge in [0.15, 0.2) is 0 Å². The average Bonchev–Trinajstić information content (AvgIpc) is 3.56. The van der Waals surface area contributed by atoms with Gasteiger partial charge in [-0.2, -0.15) is 0 Å². The zero-order chi connectivity index (χ0) is 21.1. The Kier molecular flexibility index (Phi) is 6.11. The predicted octanol–water partition coefficient (Wildman–Crippen LogP) is 4.54. The molecule has 1 unspecified atom stereocenters. The highest BCUT2D eigenvalue weighted by Crippen LogP contribution is 2.41. The molecule has 1 fully saturated rings. The Morgan fingerprint density at radius 2 is 1.87 bits per heavy atom. The van der Waals surface area contributed by atoms with E-state index in [1.54, 1.807) is 0 Å². The van der Waals surface area contributed by atoms with Crippen molar-refractivity contribution in [3.8, 4) is 0 Å². The smallest absolute Gasteiger partial charge is 0.254 e. The molecule has 0 aliphatic heterocycles. The summed E-state index contributed by atoms with van der Waals surface area (Å²) in [5, 5.41) is 2.62. The molecule has 0 saturated heterocycles. The summed E-state index contributed by atoms with van der Waals surface area (Å²) in [6.07, 6.45) is 6.03. The van der Waals surface area contributed by atoms with Crippen LogP contribution >= 0.6 is 0 Å². The minimum atomic E-state index is -0.889. The van der Waals surface area contributed by atoms with Crippen molar-refractivity contribution >= 4 is 11.8 Å². The van der Waals surface area contributed by atoms with Gasteiger partial charge in [-0.1, -0.05) is 24.3 Å². The Balaban J connectivity index is 1.33. The summed E-state index contributed by atoms with van der Waals surface area (Å²) in [4.78, 5) is 27.2. The van der Waals surface area contributed by atoms with Gasteiger partial charge in [-0.3, -0.25) is 9.59 Å². The van der Waals surface area contributed by atoms with Gasteiger partial charge in [0.25, 0.3) is 5.91 Å². The van der Waals surface area contributed by atoms with Crippen molar-refractivity contribution in [1.82, 2.24) is 10.2 Å². The van der Waals surface area contributed by atoms with Crippen LogP contribution in [0.25, 0.3) is 0 Å². The Morgan fingerprint density at radius 3 is 2.63 bits per heavy atom. The van der Waals surface area contributed by atoms with Gasteiger partial charge in [-0.25, -0.2) is 8.78 Å². The van der Waals surface area contributed by atoms with Crippen LogP contribution in [0.1, 0.15) is 66.1 Å². The largest absolute Gasteiger partial charge is 0.352 e. The number of hydrogen-bond donors (Lipinski definition) is 1. The van der Waals surface area contributed by atoms with Crippen molar-refractivity contribution in [2.24, 2.45) is 0 Å². The van der Waals surface area contributed by atoms with Crippen molar-refractivity contribution in [2.45, 2.75) is 57.0 Å². The fraction of sp³-hybridized carbons (Fsp3) is 0.417. The van der Waals surface area contributed by atoms with E-state index in [0.717, 1.165) is 44.2 Å². The van der Waals surface area contributed by atoms with Crippen LogP contribution in [-0.4, -0.2) is 29.3 Å². The van der Waals surface area contributed by atoms with Crippen LogP contribution in [0.5, 0.6) is 0 Å². The molecule has 0 bridgehead atoms. The van der Waals surface area contributed by atoms with Crippen LogP contribution in [0.2, 0.25) is 0 Å². The fourth-order valence-electron chi connectivity index (χ4n) is 4.34. The lowest BCUT2D eigenvalue weighted by molar-refractivity contribution is -0.134. The summed E-state index contributed by atoms with van der Waals surface area (Å²) in [5.41, 5.74) is 2.41. The average molecular weight is 412 g/mol. The van der Waals surface area contributed by atoms with Gasteiger partial charge < -0.3 is 10.2 Å². The Morgan fingerprint density at radius 1 is 1.07 bits per heavy atom. The maximum Gasteiger partial charge on any atom is 0.254 e. The highest BCUT2D eigenvalue weighted by Gasteiger charge is 2.38. The second-order valence-electron chi connectivity index (χ2n) is 8.12. The summed E-state index contributed by atoms with van der Waals surface area (Å²) >= 11 is 0. The summed E-state index contributed by atoms with van der Waals surface area (Å²) < 4.78 is 26.7. The van der Waals surface area contributed by atoms with Crippen molar-refractivity contribution in [3.05, 3.63) is 70.8 Å². The third kappa shape index (κ3) is 4.53. The van der Waals surface area contributed by atoms with Crippen molar-refractivity contribution < 1.29 is 18.4 Å². The first kappa shape index (κ1) is 20.5. The molecule has 158 valence electrons. The van der Waals surface area contributed by atoms with E-state index in [4.69, 9.17) is 0 Å². The van der Waals surface area contributed by atoms with E-state index in [1.807, 2.05) is 6.07 Å². The molecular formula is C24H26F2N2O2. The van der Waals surface area contributed by atoms with Crippen LogP contribution in [0.4, 0.5) is 8.78 Å². The lowest BCUT2D eigenvalue weighted by Crippen LogP contribution is -2.38. The topological polar surface area (TPSA) is 49.4 Å². The molecular weight excluding hydrogens is 386 g/mol. The third-order valence-electron chi connectivity index (χ3n) is 5.93. The lowest BCUT2D eigenvalue weighted by atomic mass is 9.86. The molecule has 2 aliphatic rings. The van der Waals surface area contributed by atoms with Crippen LogP contribution < -0.4 is 5.32 Å². The van der Waals surface area contributed by atoms with Crippen LogP contribution in [0.15, 0.2) is 42.5 Å². The minimum absolute atomic E-state index is 0.112. The van der Waals surface area contributed by atoms with Gasteiger partial charge in [0, 0.05) is 25.1 Å². The summed E-state index contributed by atoms with van der Waals surface area (Å²) in [6.45, 7) is 0.265. The van der Waals surface area contributed by atoms with Crippen LogP contribution in [-0.2, 0) is 11.2 Å². The van der Waals surface area contributed by atoms with E-state index in [-0.39, 0.29) is 24.1 Å². The summed E-state index contributed by atoms with van der Waals surface area (Å²) in [6, 6.07) is 11.7. The first-order valence-electron chi connectivity index (χ1n) is 10.7. The maximum atomic E-state index is 13.7. The molecule has 1 saturated carbocycles. The normalized spacial score (nSPS) is 17.9. The van der Waals surface area contributed by atoms with E-state index >= 15 is 0 Å². The molecule has 4 rings (SSSR count). The third-order valence-corrected chi connectivity index (χ3v) is 5.93. The molecule has 0 heterocycles. The molecule has 0 spiro atoms. The Labute approximate surface area is 175 Å². The number of nitrogens with one attached hydrogen (secondary N) is 1. The second-order valence-corrected chi connectivity index (χ2v) is 8.12. The van der Waals surface area contributed by atoms with E-state index in [1.165, 1.54) is 11.1 Å². The number of nitrogens with zero attached hydrogens (tertiary/aromatic N) is 1. The van der Waals surface area contributed by atoms with E-state index < -0.39 is 17.5 Å². The number of carbonyl (C=O) groups is 2. The zero-order valence-corrected chi connectivity index (χ0v) is 16.9. The van der Waals surface area contributed by atoms with Gasteiger partial charge in [0.2, 0.25) is 5.91 Å². The van der Waals surface area contributed by atoms with Crippen molar-refractivity contribution in [2.75, 3.05) is 6.54 Å². The molecule has 2 amide bonds. The molecule has 30 heavy (non-hydrogen) atoms. The van der Waals surface area contributed by atoms with Crippen LogP contribution in [0, 0.1) is 11.6 Å². The second kappa shape index (κ2) is 8.94. The predicted molar refractivity (Wildman–Crippen MR) is 110 cm³/mol. The number of hydrogen-bond acceptors (Lipinski definition) is 2. The number of halogens is 2. The fourth-order valence-corrected chi connectivity index (χ4v) is 4.34. The highest BCUT2D eigenvalue weighted by atomic mass is 19.1. The molecule has 6 heteroatoms. The van der Waals surface area contributed by atoms with E-state index in [2.05, 4.69) is 28.4 Å². The highest BCUT2D eigenvalue weighted by molar-refractivity contribution is 5.94. The molecule has 2 aromatic carbocycles. The molecule has 2 aromatic rings. The number of fused-ring (bicyclic) bond motifs is 1. The van der Waals surface area contributed by atoms with E-state index in [9.17, 15) is 18.4 Å². The van der Waals surface area contributed by atoms with Crippen molar-refractivity contribution in [1.29, 1.82) is 0 Å².